The third-order valence-electron chi connectivity index (χ3n) is 4.58. The van der Waals surface area contributed by atoms with Gasteiger partial charge in [0.15, 0.2) is 10.8 Å². The molecule has 30 heavy (non-hydrogen) atoms. The van der Waals surface area contributed by atoms with Crippen LogP contribution in [0.3, 0.4) is 0 Å². The molecule has 2 heterocycles. The van der Waals surface area contributed by atoms with Gasteiger partial charge in [-0.05, 0) is 29.8 Å². The highest BCUT2D eigenvalue weighted by atomic mass is 35.5. The van der Waals surface area contributed by atoms with Crippen LogP contribution in [0.15, 0.2) is 71.4 Å². The first kappa shape index (κ1) is 19.7. The summed E-state index contributed by atoms with van der Waals surface area (Å²) < 4.78 is 0. The van der Waals surface area contributed by atoms with E-state index in [0.29, 0.717) is 16.3 Å². The number of rotatable bonds is 5. The van der Waals surface area contributed by atoms with E-state index in [-0.39, 0.29) is 16.3 Å². The fourth-order valence-electron chi connectivity index (χ4n) is 3.28. The topological polar surface area (TPSA) is 114 Å². The smallest absolute Gasteiger partial charge is 0.294 e. The van der Waals surface area contributed by atoms with Crippen LogP contribution < -0.4 is 4.90 Å². The van der Waals surface area contributed by atoms with Crippen molar-refractivity contribution in [2.45, 2.75) is 6.04 Å². The summed E-state index contributed by atoms with van der Waals surface area (Å²) in [4.78, 5) is 41.9. The summed E-state index contributed by atoms with van der Waals surface area (Å²) in [6, 6.07) is 10.8. The maximum atomic E-state index is 13.1. The van der Waals surface area contributed by atoms with Gasteiger partial charge in [-0.3, -0.25) is 24.6 Å². The summed E-state index contributed by atoms with van der Waals surface area (Å²) in [5.74, 6) is -2.14. The second-order valence-corrected chi connectivity index (χ2v) is 7.67. The number of ketones is 1. The number of carbonyl (C=O) groups is 2. The van der Waals surface area contributed by atoms with Crippen LogP contribution in [0.25, 0.3) is 0 Å². The van der Waals surface area contributed by atoms with Crippen molar-refractivity contribution in [1.29, 1.82) is 0 Å². The molecule has 1 N–H and O–H groups in total. The van der Waals surface area contributed by atoms with Crippen LogP contribution in [-0.2, 0) is 4.79 Å². The molecular formula is C20H12ClN3O5S. The van der Waals surface area contributed by atoms with E-state index in [1.165, 1.54) is 29.3 Å². The Morgan fingerprint density at radius 1 is 1.23 bits per heavy atom. The van der Waals surface area contributed by atoms with E-state index < -0.39 is 28.4 Å². The van der Waals surface area contributed by atoms with Gasteiger partial charge in [-0.2, -0.15) is 0 Å². The molecule has 1 aliphatic rings. The summed E-state index contributed by atoms with van der Waals surface area (Å²) in [6.45, 7) is 0. The lowest BCUT2D eigenvalue weighted by molar-refractivity contribution is -0.384. The minimum atomic E-state index is -1.07. The van der Waals surface area contributed by atoms with Crippen LogP contribution in [0.1, 0.15) is 21.4 Å². The average molecular weight is 442 g/mol. The molecular weight excluding hydrogens is 430 g/mol. The van der Waals surface area contributed by atoms with Crippen molar-refractivity contribution in [3.05, 3.63) is 97.1 Å². The number of nitro groups is 1. The van der Waals surface area contributed by atoms with Crippen LogP contribution in [0.4, 0.5) is 11.4 Å². The quantitative estimate of drug-likeness (QED) is 0.354. The number of benzene rings is 2. The van der Waals surface area contributed by atoms with Crippen molar-refractivity contribution in [2.75, 3.05) is 4.90 Å². The van der Waals surface area contributed by atoms with Crippen LogP contribution in [-0.4, -0.2) is 26.7 Å². The number of amides is 1. The summed E-state index contributed by atoms with van der Waals surface area (Å²) in [6.07, 6.45) is 1.44. The number of Topliss-reactive ketones (excluding diaryl/α,β-unsaturated/α-hetero) is 1. The van der Waals surface area contributed by atoms with Crippen LogP contribution in [0.2, 0.25) is 5.02 Å². The number of aliphatic hydroxyl groups is 1. The number of non-ortho nitro benzene ring substituents is 1. The Morgan fingerprint density at radius 2 is 1.97 bits per heavy atom. The molecule has 2 aromatic carbocycles. The van der Waals surface area contributed by atoms with E-state index in [4.69, 9.17) is 11.6 Å². The lowest BCUT2D eigenvalue weighted by Crippen LogP contribution is -2.31. The van der Waals surface area contributed by atoms with Gasteiger partial charge in [0.1, 0.15) is 0 Å². The van der Waals surface area contributed by atoms with Crippen molar-refractivity contribution >= 4 is 46.0 Å². The van der Waals surface area contributed by atoms with Gasteiger partial charge in [-0.15, -0.1) is 11.3 Å². The summed E-state index contributed by atoms with van der Waals surface area (Å²) >= 11 is 7.00. The second kappa shape index (κ2) is 7.69. The van der Waals surface area contributed by atoms with Crippen molar-refractivity contribution in [3.63, 3.8) is 0 Å². The monoisotopic (exact) mass is 441 g/mol. The molecule has 0 spiro atoms. The van der Waals surface area contributed by atoms with Gasteiger partial charge < -0.3 is 5.11 Å². The first-order valence-corrected chi connectivity index (χ1v) is 9.85. The van der Waals surface area contributed by atoms with E-state index >= 15 is 0 Å². The zero-order chi connectivity index (χ0) is 21.4. The molecule has 150 valence electrons. The van der Waals surface area contributed by atoms with Gasteiger partial charge in [-0.1, -0.05) is 23.7 Å². The van der Waals surface area contributed by atoms with Crippen molar-refractivity contribution in [3.8, 4) is 0 Å². The van der Waals surface area contributed by atoms with E-state index in [1.807, 2.05) is 0 Å². The first-order valence-electron chi connectivity index (χ1n) is 8.59. The molecule has 0 aliphatic carbocycles. The molecule has 0 bridgehead atoms. The molecule has 0 fully saturated rings. The van der Waals surface area contributed by atoms with Crippen LogP contribution in [0, 0.1) is 10.1 Å². The van der Waals surface area contributed by atoms with Crippen molar-refractivity contribution < 1.29 is 19.6 Å². The number of nitro benzene ring substituents is 1. The Balaban J connectivity index is 1.90. The van der Waals surface area contributed by atoms with Gasteiger partial charge in [0.05, 0.1) is 16.5 Å². The SMILES string of the molecule is O=C(C1=C(O)C(=O)N(c2ccc(Cl)cc2)[C@@H]1c1cccc([N+](=O)[O-])c1)c1nccs1. The van der Waals surface area contributed by atoms with Gasteiger partial charge in [0, 0.05) is 34.4 Å². The number of hydrogen-bond acceptors (Lipinski definition) is 7. The minimum Gasteiger partial charge on any atom is -0.503 e. The summed E-state index contributed by atoms with van der Waals surface area (Å²) in [5, 5.41) is 24.0. The molecule has 1 amide bonds. The Kier molecular flexibility index (Phi) is 5.06. The molecule has 0 saturated heterocycles. The zero-order valence-corrected chi connectivity index (χ0v) is 16.6. The predicted molar refractivity (Wildman–Crippen MR) is 111 cm³/mol. The Morgan fingerprint density at radius 3 is 2.60 bits per heavy atom. The van der Waals surface area contributed by atoms with Gasteiger partial charge in [-0.25, -0.2) is 4.98 Å². The largest absolute Gasteiger partial charge is 0.503 e. The van der Waals surface area contributed by atoms with Gasteiger partial charge in [0.25, 0.3) is 11.6 Å². The lowest BCUT2D eigenvalue weighted by Gasteiger charge is -2.26. The Bertz CT molecular complexity index is 1190. The number of hydrogen-bond donors (Lipinski definition) is 1. The normalized spacial score (nSPS) is 16.2. The molecule has 4 rings (SSSR count). The summed E-state index contributed by atoms with van der Waals surface area (Å²) in [7, 11) is 0. The average Bonchev–Trinajstić information content (AvgIpc) is 3.36. The minimum absolute atomic E-state index is 0.0951. The first-order chi connectivity index (χ1) is 14.4. The molecule has 1 aliphatic heterocycles. The third-order valence-corrected chi connectivity index (χ3v) is 5.60. The summed E-state index contributed by atoms with van der Waals surface area (Å²) in [5.41, 5.74) is 0.277. The number of halogens is 1. The number of anilines is 1. The number of aromatic nitrogens is 1. The van der Waals surface area contributed by atoms with Gasteiger partial charge >= 0.3 is 0 Å². The van der Waals surface area contributed by atoms with Crippen LogP contribution in [0.5, 0.6) is 0 Å². The maximum Gasteiger partial charge on any atom is 0.294 e. The molecule has 0 unspecified atom stereocenters. The fourth-order valence-corrected chi connectivity index (χ4v) is 4.00. The Hall–Kier alpha value is -3.56. The van der Waals surface area contributed by atoms with Crippen molar-refractivity contribution in [1.82, 2.24) is 4.98 Å². The van der Waals surface area contributed by atoms with E-state index in [0.717, 1.165) is 11.3 Å². The zero-order valence-electron chi connectivity index (χ0n) is 15.1. The number of thiazole rings is 1. The highest BCUT2D eigenvalue weighted by Gasteiger charge is 2.45. The molecule has 0 saturated carbocycles. The second-order valence-electron chi connectivity index (χ2n) is 6.33. The van der Waals surface area contributed by atoms with Crippen LogP contribution >= 0.6 is 22.9 Å². The highest BCUT2D eigenvalue weighted by molar-refractivity contribution is 7.11. The Labute approximate surface area is 178 Å². The fraction of sp³-hybridized carbons (Fsp3) is 0.0500. The molecule has 0 radical (unpaired) electrons. The van der Waals surface area contributed by atoms with E-state index in [2.05, 4.69) is 4.98 Å². The molecule has 1 atom stereocenters. The molecule has 3 aromatic rings. The van der Waals surface area contributed by atoms with Crippen molar-refractivity contribution in [2.24, 2.45) is 0 Å². The third kappa shape index (κ3) is 3.34. The molecule has 1 aromatic heterocycles. The maximum absolute atomic E-state index is 13.1. The van der Waals surface area contributed by atoms with E-state index in [9.17, 15) is 24.8 Å². The lowest BCUT2D eigenvalue weighted by atomic mass is 9.95. The predicted octanol–water partition coefficient (Wildman–Crippen LogP) is 4.49. The van der Waals surface area contributed by atoms with E-state index in [1.54, 1.807) is 35.7 Å². The standard InChI is InChI=1S/C20H12ClN3O5S/c21-12-4-6-13(7-5-12)23-16(11-2-1-3-14(10-11)24(28)29)15(18(26)20(23)27)17(25)19-22-8-9-30-19/h1-10,16,26H/t16-/m1/s1. The number of nitrogens with zero attached hydrogens (tertiary/aromatic N) is 3. The molecule has 10 heteroatoms. The molecule has 8 nitrogen and oxygen atoms in total. The number of carbonyl (C=O) groups excluding carboxylic acids is 2. The van der Waals surface area contributed by atoms with Gasteiger partial charge in [0.2, 0.25) is 5.78 Å². The number of aliphatic hydroxyl groups excluding tert-OH is 1. The highest BCUT2D eigenvalue weighted by Crippen LogP contribution is 2.42.